The molecule has 0 aliphatic heterocycles. The number of ether oxygens (including phenoxy) is 1. The van der Waals surface area contributed by atoms with Crippen LogP contribution in [0.5, 0.6) is 0 Å². The zero-order chi connectivity index (χ0) is 14.3. The highest BCUT2D eigenvalue weighted by Crippen LogP contribution is 2.18. The molecule has 0 aliphatic carbocycles. The average molecular weight is 286 g/mol. The van der Waals surface area contributed by atoms with Gasteiger partial charge in [0.05, 0.1) is 11.5 Å². The van der Waals surface area contributed by atoms with E-state index in [2.05, 4.69) is 10.0 Å². The van der Waals surface area contributed by atoms with Crippen LogP contribution in [0.15, 0.2) is 23.1 Å². The topological polar surface area (TPSA) is 67.4 Å². The molecule has 0 amide bonds. The van der Waals surface area contributed by atoms with Crippen molar-refractivity contribution in [3.8, 4) is 0 Å². The number of rotatable bonds is 8. The minimum absolute atomic E-state index is 0.284. The maximum Gasteiger partial charge on any atom is 0.240 e. The normalized spacial score (nSPS) is 11.7. The third kappa shape index (κ3) is 4.58. The van der Waals surface area contributed by atoms with Crippen molar-refractivity contribution in [3.05, 3.63) is 29.3 Å². The van der Waals surface area contributed by atoms with Crippen LogP contribution in [0.4, 0.5) is 0 Å². The molecule has 0 unspecified atom stereocenters. The van der Waals surface area contributed by atoms with Crippen molar-refractivity contribution in [3.63, 3.8) is 0 Å². The van der Waals surface area contributed by atoms with Gasteiger partial charge in [-0.05, 0) is 38.1 Å². The summed E-state index contributed by atoms with van der Waals surface area (Å²) >= 11 is 0. The predicted octanol–water partition coefficient (Wildman–Crippen LogP) is 1.03. The molecule has 0 atom stereocenters. The fraction of sp³-hybridized carbons (Fsp3) is 0.538. The number of hydrogen-bond donors (Lipinski definition) is 2. The Kier molecular flexibility index (Phi) is 6.44. The number of nitrogens with one attached hydrogen (secondary N) is 2. The lowest BCUT2D eigenvalue weighted by Gasteiger charge is -2.12. The summed E-state index contributed by atoms with van der Waals surface area (Å²) in [7, 11) is -1.64. The Balaban J connectivity index is 2.86. The highest BCUT2D eigenvalue weighted by Gasteiger charge is 2.17. The molecular formula is C13H22N2O3S. The number of hydrogen-bond acceptors (Lipinski definition) is 4. The van der Waals surface area contributed by atoms with Crippen molar-refractivity contribution >= 4 is 10.0 Å². The Labute approximate surface area is 115 Å². The van der Waals surface area contributed by atoms with Gasteiger partial charge in [0, 0.05) is 19.7 Å². The highest BCUT2D eigenvalue weighted by molar-refractivity contribution is 7.89. The van der Waals surface area contributed by atoms with Crippen LogP contribution in [0, 0.1) is 6.92 Å². The molecule has 2 N–H and O–H groups in total. The van der Waals surface area contributed by atoms with Crippen LogP contribution < -0.4 is 10.0 Å². The van der Waals surface area contributed by atoms with Crippen molar-refractivity contribution in [2.24, 2.45) is 0 Å². The molecule has 1 aromatic carbocycles. The first-order valence-electron chi connectivity index (χ1n) is 6.33. The maximum atomic E-state index is 12.2. The molecule has 0 spiro atoms. The van der Waals surface area contributed by atoms with E-state index in [9.17, 15) is 8.42 Å². The second-order valence-electron chi connectivity index (χ2n) is 4.17. The quantitative estimate of drug-likeness (QED) is 0.700. The maximum absolute atomic E-state index is 12.2. The summed E-state index contributed by atoms with van der Waals surface area (Å²) < 4.78 is 32.0. The van der Waals surface area contributed by atoms with Gasteiger partial charge in [-0.2, -0.15) is 0 Å². The van der Waals surface area contributed by atoms with Gasteiger partial charge in [0.15, 0.2) is 0 Å². The molecule has 0 radical (unpaired) electrons. The van der Waals surface area contributed by atoms with Gasteiger partial charge in [0.1, 0.15) is 0 Å². The van der Waals surface area contributed by atoms with E-state index in [1.807, 2.05) is 27.0 Å². The molecule has 1 aromatic rings. The molecule has 5 nitrogen and oxygen atoms in total. The Morgan fingerprint density at radius 2 is 2.05 bits per heavy atom. The molecule has 0 aliphatic rings. The standard InChI is InChI=1S/C13H22N2O3S/c1-4-18-9-8-15-19(16,17)13-7-5-6-12(10-14-3)11(13)2/h5-7,14-15H,4,8-10H2,1-3H3. The smallest absolute Gasteiger partial charge is 0.240 e. The molecular weight excluding hydrogens is 264 g/mol. The van der Waals surface area contributed by atoms with Gasteiger partial charge < -0.3 is 10.1 Å². The average Bonchev–Trinajstić information content (AvgIpc) is 2.37. The lowest BCUT2D eigenvalue weighted by Crippen LogP contribution is -2.28. The molecule has 0 aromatic heterocycles. The summed E-state index contributed by atoms with van der Waals surface area (Å²) in [5.41, 5.74) is 1.76. The third-order valence-corrected chi connectivity index (χ3v) is 4.40. The molecule has 19 heavy (non-hydrogen) atoms. The van der Waals surface area contributed by atoms with E-state index in [0.29, 0.717) is 24.7 Å². The first kappa shape index (κ1) is 16.1. The first-order valence-corrected chi connectivity index (χ1v) is 7.81. The van der Waals surface area contributed by atoms with E-state index in [1.54, 1.807) is 12.1 Å². The molecule has 0 heterocycles. The van der Waals surface area contributed by atoms with Gasteiger partial charge in [0.2, 0.25) is 10.0 Å². The van der Waals surface area contributed by atoms with E-state index >= 15 is 0 Å². The predicted molar refractivity (Wildman–Crippen MR) is 75.6 cm³/mol. The van der Waals surface area contributed by atoms with Crippen LogP contribution in [0.25, 0.3) is 0 Å². The van der Waals surface area contributed by atoms with Gasteiger partial charge >= 0.3 is 0 Å². The Bertz CT molecular complexity index is 501. The lowest BCUT2D eigenvalue weighted by atomic mass is 10.1. The molecule has 0 fully saturated rings. The van der Waals surface area contributed by atoms with Crippen molar-refractivity contribution in [2.75, 3.05) is 26.8 Å². The molecule has 0 saturated carbocycles. The van der Waals surface area contributed by atoms with Gasteiger partial charge in [-0.15, -0.1) is 0 Å². The highest BCUT2D eigenvalue weighted by atomic mass is 32.2. The van der Waals surface area contributed by atoms with Crippen LogP contribution in [0.2, 0.25) is 0 Å². The van der Waals surface area contributed by atoms with E-state index in [1.165, 1.54) is 0 Å². The summed E-state index contributed by atoms with van der Waals surface area (Å²) in [5.74, 6) is 0. The lowest BCUT2D eigenvalue weighted by molar-refractivity contribution is 0.153. The fourth-order valence-electron chi connectivity index (χ4n) is 1.80. The summed E-state index contributed by atoms with van der Waals surface area (Å²) in [6, 6.07) is 5.30. The van der Waals surface area contributed by atoms with E-state index in [4.69, 9.17) is 4.74 Å². The second-order valence-corrected chi connectivity index (χ2v) is 5.90. The van der Waals surface area contributed by atoms with Crippen LogP contribution >= 0.6 is 0 Å². The van der Waals surface area contributed by atoms with Gasteiger partial charge in [-0.1, -0.05) is 12.1 Å². The monoisotopic (exact) mass is 286 g/mol. The zero-order valence-corrected chi connectivity index (χ0v) is 12.5. The molecule has 0 saturated heterocycles. The Morgan fingerprint density at radius 1 is 1.32 bits per heavy atom. The summed E-state index contributed by atoms with van der Waals surface area (Å²) in [5, 5.41) is 3.03. The minimum Gasteiger partial charge on any atom is -0.380 e. The van der Waals surface area contributed by atoms with Crippen LogP contribution in [-0.4, -0.2) is 35.2 Å². The van der Waals surface area contributed by atoms with Crippen molar-refractivity contribution in [1.29, 1.82) is 0 Å². The molecule has 0 bridgehead atoms. The van der Waals surface area contributed by atoms with Crippen molar-refractivity contribution < 1.29 is 13.2 Å². The summed E-state index contributed by atoms with van der Waals surface area (Å²) in [6.45, 7) is 5.59. The minimum atomic E-state index is -3.47. The summed E-state index contributed by atoms with van der Waals surface area (Å²) in [6.07, 6.45) is 0. The third-order valence-electron chi connectivity index (χ3n) is 2.80. The van der Waals surface area contributed by atoms with E-state index in [0.717, 1.165) is 11.1 Å². The van der Waals surface area contributed by atoms with Crippen LogP contribution in [-0.2, 0) is 21.3 Å². The van der Waals surface area contributed by atoms with Crippen molar-refractivity contribution in [1.82, 2.24) is 10.0 Å². The number of benzene rings is 1. The Morgan fingerprint density at radius 3 is 2.68 bits per heavy atom. The molecule has 1 rings (SSSR count). The van der Waals surface area contributed by atoms with Crippen LogP contribution in [0.3, 0.4) is 0 Å². The van der Waals surface area contributed by atoms with Gasteiger partial charge in [-0.3, -0.25) is 0 Å². The SMILES string of the molecule is CCOCCNS(=O)(=O)c1cccc(CNC)c1C. The first-order chi connectivity index (χ1) is 9.03. The van der Waals surface area contributed by atoms with Crippen LogP contribution in [0.1, 0.15) is 18.1 Å². The van der Waals surface area contributed by atoms with Crippen molar-refractivity contribution in [2.45, 2.75) is 25.3 Å². The Hall–Kier alpha value is -0.950. The van der Waals surface area contributed by atoms with Gasteiger partial charge in [0.25, 0.3) is 0 Å². The second kappa shape index (κ2) is 7.59. The number of sulfonamides is 1. The fourth-order valence-corrected chi connectivity index (χ4v) is 3.10. The van der Waals surface area contributed by atoms with Gasteiger partial charge in [-0.25, -0.2) is 13.1 Å². The summed E-state index contributed by atoms with van der Waals surface area (Å²) in [4.78, 5) is 0.330. The zero-order valence-electron chi connectivity index (χ0n) is 11.7. The van der Waals surface area contributed by atoms with E-state index < -0.39 is 10.0 Å². The van der Waals surface area contributed by atoms with E-state index in [-0.39, 0.29) is 6.54 Å². The molecule has 6 heteroatoms. The molecule has 108 valence electrons. The largest absolute Gasteiger partial charge is 0.380 e.